The second kappa shape index (κ2) is 8.25. The van der Waals surface area contributed by atoms with Crippen LogP contribution >= 0.6 is 11.6 Å². The normalized spacial score (nSPS) is 15.4. The first-order valence-corrected chi connectivity index (χ1v) is 7.55. The topological polar surface area (TPSA) is 61.5 Å². The number of rotatable bonds is 7. The Morgan fingerprint density at radius 2 is 1.76 bits per heavy atom. The quantitative estimate of drug-likeness (QED) is 0.784. The summed E-state index contributed by atoms with van der Waals surface area (Å²) < 4.78 is 11.3. The molecule has 1 aromatic carbocycles. The van der Waals surface area contributed by atoms with Gasteiger partial charge in [-0.05, 0) is 50.5 Å². The number of carbonyl (C=O) groups excluding carboxylic acids is 1. The van der Waals surface area contributed by atoms with Crippen molar-refractivity contribution >= 4 is 17.6 Å². The fraction of sp³-hybridized carbons (Fsp3) is 0.562. The summed E-state index contributed by atoms with van der Waals surface area (Å²) in [6.07, 6.45) is 0.172. The number of benzene rings is 1. The van der Waals surface area contributed by atoms with Crippen LogP contribution in [0.3, 0.4) is 0 Å². The highest BCUT2D eigenvalue weighted by molar-refractivity contribution is 6.30. The molecule has 1 rings (SSSR count). The van der Waals surface area contributed by atoms with E-state index in [2.05, 4.69) is 13.8 Å². The molecule has 0 aromatic heterocycles. The minimum Gasteiger partial charge on any atom is -0.487 e. The first kappa shape index (κ1) is 17.8. The van der Waals surface area contributed by atoms with Crippen LogP contribution in [0.4, 0.5) is 0 Å². The van der Waals surface area contributed by atoms with Gasteiger partial charge in [-0.2, -0.15) is 0 Å². The van der Waals surface area contributed by atoms with Crippen molar-refractivity contribution in [1.29, 1.82) is 0 Å². The highest BCUT2D eigenvalue weighted by Gasteiger charge is 2.25. The van der Waals surface area contributed by atoms with Gasteiger partial charge < -0.3 is 15.2 Å². The van der Waals surface area contributed by atoms with Crippen molar-refractivity contribution in [2.75, 3.05) is 0 Å². The summed E-state index contributed by atoms with van der Waals surface area (Å²) in [5.41, 5.74) is 5.52. The molecule has 21 heavy (non-hydrogen) atoms. The first-order valence-electron chi connectivity index (χ1n) is 7.18. The molecule has 0 spiro atoms. The molecule has 0 aliphatic rings. The Kier molecular flexibility index (Phi) is 6.99. The number of nitrogens with two attached hydrogens (primary N) is 1. The van der Waals surface area contributed by atoms with E-state index in [1.807, 2.05) is 6.92 Å². The van der Waals surface area contributed by atoms with Gasteiger partial charge in [0.1, 0.15) is 24.0 Å². The molecular weight excluding hydrogens is 290 g/mol. The fourth-order valence-electron chi connectivity index (χ4n) is 1.85. The summed E-state index contributed by atoms with van der Waals surface area (Å²) in [6, 6.07) is 6.50. The molecule has 2 N–H and O–H groups in total. The van der Waals surface area contributed by atoms with E-state index in [1.165, 1.54) is 0 Å². The number of ether oxygens (including phenoxy) is 2. The number of hydrogen-bond donors (Lipinski definition) is 1. The summed E-state index contributed by atoms with van der Waals surface area (Å²) in [5.74, 6) is 0.698. The summed E-state index contributed by atoms with van der Waals surface area (Å²) in [5, 5.41) is 0.652. The molecule has 4 nitrogen and oxygen atoms in total. The zero-order valence-corrected chi connectivity index (χ0v) is 13.8. The number of halogens is 1. The van der Waals surface area contributed by atoms with Gasteiger partial charge in [-0.1, -0.05) is 25.4 Å². The standard InChI is InChI=1S/C16H24ClNO3/c1-10(2)9-15(12(4)20-16(19)11(3)18)21-14-7-5-13(17)6-8-14/h5-8,10-12,15H,9,18H2,1-4H3/t11-,12-,15+/m0/s1. The zero-order chi connectivity index (χ0) is 16.0. The van der Waals surface area contributed by atoms with Crippen molar-refractivity contribution in [2.24, 2.45) is 11.7 Å². The van der Waals surface area contributed by atoms with Crippen molar-refractivity contribution in [1.82, 2.24) is 0 Å². The van der Waals surface area contributed by atoms with E-state index in [4.69, 9.17) is 26.8 Å². The maximum atomic E-state index is 11.6. The number of carbonyl (C=O) groups is 1. The predicted molar refractivity (Wildman–Crippen MR) is 84.5 cm³/mol. The Balaban J connectivity index is 2.74. The van der Waals surface area contributed by atoms with E-state index in [0.29, 0.717) is 16.7 Å². The van der Waals surface area contributed by atoms with Crippen molar-refractivity contribution in [3.05, 3.63) is 29.3 Å². The molecule has 0 bridgehead atoms. The summed E-state index contributed by atoms with van der Waals surface area (Å²) >= 11 is 5.86. The van der Waals surface area contributed by atoms with Gasteiger partial charge in [0.15, 0.2) is 0 Å². The van der Waals surface area contributed by atoms with E-state index in [0.717, 1.165) is 6.42 Å². The van der Waals surface area contributed by atoms with Gasteiger partial charge in [0.05, 0.1) is 0 Å². The lowest BCUT2D eigenvalue weighted by molar-refractivity contribution is -0.154. The molecule has 118 valence electrons. The SMILES string of the molecule is CC(C)C[C@@H](Oc1ccc(Cl)cc1)[C@H](C)OC(=O)[C@H](C)N. The van der Waals surface area contributed by atoms with Crippen LogP contribution in [0.2, 0.25) is 5.02 Å². The van der Waals surface area contributed by atoms with Crippen LogP contribution in [0, 0.1) is 5.92 Å². The zero-order valence-electron chi connectivity index (χ0n) is 13.0. The molecule has 0 saturated carbocycles. The average molecular weight is 314 g/mol. The second-order valence-electron chi connectivity index (χ2n) is 5.67. The lowest BCUT2D eigenvalue weighted by atomic mass is 10.0. The van der Waals surface area contributed by atoms with Crippen molar-refractivity contribution < 1.29 is 14.3 Å². The molecule has 0 amide bonds. The van der Waals surface area contributed by atoms with Crippen LogP contribution in [0.1, 0.15) is 34.1 Å². The van der Waals surface area contributed by atoms with Crippen molar-refractivity contribution in [3.63, 3.8) is 0 Å². The minimum atomic E-state index is -0.636. The second-order valence-corrected chi connectivity index (χ2v) is 6.11. The van der Waals surface area contributed by atoms with Crippen LogP contribution in [-0.4, -0.2) is 24.2 Å². The molecule has 3 atom stereocenters. The Morgan fingerprint density at radius 1 is 1.19 bits per heavy atom. The number of esters is 1. The largest absolute Gasteiger partial charge is 0.487 e. The van der Waals surface area contributed by atoms with Gasteiger partial charge in [-0.15, -0.1) is 0 Å². The average Bonchev–Trinajstić information content (AvgIpc) is 2.39. The van der Waals surface area contributed by atoms with Crippen LogP contribution in [0.15, 0.2) is 24.3 Å². The van der Waals surface area contributed by atoms with Gasteiger partial charge in [0, 0.05) is 5.02 Å². The lowest BCUT2D eigenvalue weighted by Crippen LogP contribution is -2.39. The van der Waals surface area contributed by atoms with Crippen LogP contribution in [0.5, 0.6) is 5.75 Å². The molecule has 5 heteroatoms. The Hall–Kier alpha value is -1.26. The third kappa shape index (κ3) is 6.36. The maximum absolute atomic E-state index is 11.6. The van der Waals surface area contributed by atoms with E-state index in [1.54, 1.807) is 31.2 Å². The van der Waals surface area contributed by atoms with Gasteiger partial charge in [-0.25, -0.2) is 0 Å². The highest BCUT2D eigenvalue weighted by Crippen LogP contribution is 2.21. The Morgan fingerprint density at radius 3 is 2.24 bits per heavy atom. The van der Waals surface area contributed by atoms with Crippen LogP contribution in [-0.2, 0) is 9.53 Å². The third-order valence-electron chi connectivity index (χ3n) is 3.00. The maximum Gasteiger partial charge on any atom is 0.323 e. The third-order valence-corrected chi connectivity index (χ3v) is 3.25. The van der Waals surface area contributed by atoms with Crippen LogP contribution in [0.25, 0.3) is 0 Å². The molecule has 0 aliphatic heterocycles. The van der Waals surface area contributed by atoms with E-state index >= 15 is 0 Å². The smallest absolute Gasteiger partial charge is 0.323 e. The van der Waals surface area contributed by atoms with Gasteiger partial charge in [-0.3, -0.25) is 4.79 Å². The van der Waals surface area contributed by atoms with Crippen LogP contribution < -0.4 is 10.5 Å². The molecule has 0 unspecified atom stereocenters. The Labute approximate surface area is 131 Å². The van der Waals surface area contributed by atoms with E-state index in [-0.39, 0.29) is 12.2 Å². The van der Waals surface area contributed by atoms with E-state index in [9.17, 15) is 4.79 Å². The summed E-state index contributed by atoms with van der Waals surface area (Å²) in [7, 11) is 0. The van der Waals surface area contributed by atoms with Gasteiger partial charge in [0.25, 0.3) is 0 Å². The van der Waals surface area contributed by atoms with Gasteiger partial charge >= 0.3 is 5.97 Å². The van der Waals surface area contributed by atoms with Crippen molar-refractivity contribution in [3.8, 4) is 5.75 Å². The first-order chi connectivity index (χ1) is 9.79. The lowest BCUT2D eigenvalue weighted by Gasteiger charge is -2.27. The molecule has 0 heterocycles. The van der Waals surface area contributed by atoms with E-state index < -0.39 is 12.0 Å². The molecule has 0 fully saturated rings. The fourth-order valence-corrected chi connectivity index (χ4v) is 1.98. The molecular formula is C16H24ClNO3. The predicted octanol–water partition coefficient (Wildman–Crippen LogP) is 3.41. The molecule has 1 aromatic rings. The van der Waals surface area contributed by atoms with Crippen molar-refractivity contribution in [2.45, 2.75) is 52.4 Å². The van der Waals surface area contributed by atoms with Gasteiger partial charge in [0.2, 0.25) is 0 Å². The summed E-state index contributed by atoms with van der Waals surface area (Å²) in [4.78, 5) is 11.6. The Bertz CT molecular complexity index is 445. The molecule has 0 saturated heterocycles. The monoisotopic (exact) mass is 313 g/mol. The summed E-state index contributed by atoms with van der Waals surface area (Å²) in [6.45, 7) is 7.62. The number of hydrogen-bond acceptors (Lipinski definition) is 4. The highest BCUT2D eigenvalue weighted by atomic mass is 35.5. The minimum absolute atomic E-state index is 0.228. The molecule has 0 radical (unpaired) electrons. The molecule has 0 aliphatic carbocycles.